The van der Waals surface area contributed by atoms with Crippen molar-refractivity contribution in [2.24, 2.45) is 0 Å². The van der Waals surface area contributed by atoms with E-state index in [1.54, 1.807) is 25.9 Å². The third kappa shape index (κ3) is 5.97. The molecule has 1 N–H and O–H groups in total. The van der Waals surface area contributed by atoms with Gasteiger partial charge in [-0.1, -0.05) is 12.1 Å². The van der Waals surface area contributed by atoms with E-state index in [0.29, 0.717) is 12.4 Å². The van der Waals surface area contributed by atoms with Crippen LogP contribution in [-0.4, -0.2) is 45.0 Å². The van der Waals surface area contributed by atoms with E-state index < -0.39 is 0 Å². The summed E-state index contributed by atoms with van der Waals surface area (Å²) < 4.78 is 11.1. The molecular formula is C20H26N2O3S. The lowest BCUT2D eigenvalue weighted by molar-refractivity contribution is 0.172. The number of amides is 1. The summed E-state index contributed by atoms with van der Waals surface area (Å²) in [4.78, 5) is 14.2. The second-order valence-electron chi connectivity index (χ2n) is 5.99. The Hall–Kier alpha value is -2.18. The summed E-state index contributed by atoms with van der Waals surface area (Å²) in [5.74, 6) is 1.41. The monoisotopic (exact) mass is 374 g/mol. The first kappa shape index (κ1) is 20.1. The lowest BCUT2D eigenvalue weighted by Gasteiger charge is -2.18. The molecule has 0 aliphatic heterocycles. The van der Waals surface area contributed by atoms with Crippen molar-refractivity contribution < 1.29 is 14.3 Å². The van der Waals surface area contributed by atoms with E-state index in [4.69, 9.17) is 9.47 Å². The minimum Gasteiger partial charge on any atom is -0.494 e. The molecule has 1 atom stereocenters. The van der Waals surface area contributed by atoms with Gasteiger partial charge in [-0.3, -0.25) is 0 Å². The highest BCUT2D eigenvalue weighted by Crippen LogP contribution is 2.22. The van der Waals surface area contributed by atoms with Crippen molar-refractivity contribution in [3.05, 3.63) is 54.1 Å². The predicted molar refractivity (Wildman–Crippen MR) is 106 cm³/mol. The summed E-state index contributed by atoms with van der Waals surface area (Å²) in [7, 11) is 5.24. The highest BCUT2D eigenvalue weighted by molar-refractivity contribution is 7.98. The summed E-state index contributed by atoms with van der Waals surface area (Å²) >= 11 is 1.71. The summed E-state index contributed by atoms with van der Waals surface area (Å²) in [5.41, 5.74) is 1.12. The summed E-state index contributed by atoms with van der Waals surface area (Å²) in [5, 5.41) is 3.30. The predicted octanol–water partition coefficient (Wildman–Crippen LogP) is 4.20. The number of benzene rings is 2. The second-order valence-corrected chi connectivity index (χ2v) is 6.87. The van der Waals surface area contributed by atoms with Crippen LogP contribution in [0.4, 0.5) is 4.79 Å². The van der Waals surface area contributed by atoms with E-state index in [-0.39, 0.29) is 12.1 Å². The fraction of sp³-hybridized carbons (Fsp3) is 0.350. The number of hydrogen-bond acceptors (Lipinski definition) is 5. The van der Waals surface area contributed by atoms with Crippen LogP contribution in [0.1, 0.15) is 18.0 Å². The van der Waals surface area contributed by atoms with E-state index >= 15 is 0 Å². The number of hydrogen-bond donors (Lipinski definition) is 1. The highest BCUT2D eigenvalue weighted by atomic mass is 32.2. The maximum absolute atomic E-state index is 11.6. The molecule has 0 saturated carbocycles. The summed E-state index contributed by atoms with van der Waals surface area (Å²) in [6.07, 6.45) is 2.50. The van der Waals surface area contributed by atoms with Gasteiger partial charge < -0.3 is 19.7 Å². The van der Waals surface area contributed by atoms with Gasteiger partial charge in [0.1, 0.15) is 11.5 Å². The molecule has 0 aliphatic carbocycles. The zero-order valence-corrected chi connectivity index (χ0v) is 16.5. The van der Waals surface area contributed by atoms with Gasteiger partial charge in [0.2, 0.25) is 0 Å². The Morgan fingerprint density at radius 3 is 2.23 bits per heavy atom. The van der Waals surface area contributed by atoms with Crippen molar-refractivity contribution in [1.82, 2.24) is 10.2 Å². The third-order valence-electron chi connectivity index (χ3n) is 3.94. The smallest absolute Gasteiger partial charge is 0.414 e. The van der Waals surface area contributed by atoms with E-state index in [2.05, 4.69) is 23.7 Å². The van der Waals surface area contributed by atoms with Crippen molar-refractivity contribution in [2.45, 2.75) is 17.4 Å². The fourth-order valence-corrected chi connectivity index (χ4v) is 2.81. The zero-order chi connectivity index (χ0) is 18.9. The second kappa shape index (κ2) is 10.1. The molecule has 0 saturated heterocycles. The first-order valence-corrected chi connectivity index (χ1v) is 9.69. The van der Waals surface area contributed by atoms with Gasteiger partial charge in [0, 0.05) is 31.5 Å². The normalized spacial score (nSPS) is 11.7. The Balaban J connectivity index is 1.88. The van der Waals surface area contributed by atoms with Gasteiger partial charge in [-0.05, 0) is 55.3 Å². The Morgan fingerprint density at radius 1 is 1.08 bits per heavy atom. The van der Waals surface area contributed by atoms with Gasteiger partial charge in [0.15, 0.2) is 0 Å². The van der Waals surface area contributed by atoms with Crippen molar-refractivity contribution in [3.63, 3.8) is 0 Å². The number of nitrogens with one attached hydrogen (secondary N) is 1. The minimum atomic E-state index is -0.385. The van der Waals surface area contributed by atoms with E-state index in [1.807, 2.05) is 43.4 Å². The first-order chi connectivity index (χ1) is 12.5. The summed E-state index contributed by atoms with van der Waals surface area (Å²) in [6, 6.07) is 15.8. The van der Waals surface area contributed by atoms with Gasteiger partial charge in [-0.25, -0.2) is 4.79 Å². The average molecular weight is 375 g/mol. The first-order valence-electron chi connectivity index (χ1n) is 8.46. The maximum Gasteiger partial charge on any atom is 0.414 e. The molecule has 0 radical (unpaired) electrons. The molecule has 0 spiro atoms. The van der Waals surface area contributed by atoms with Crippen LogP contribution in [0.25, 0.3) is 0 Å². The molecule has 1 amide bonds. The van der Waals surface area contributed by atoms with E-state index in [9.17, 15) is 4.79 Å². The quantitative estimate of drug-likeness (QED) is 0.702. The molecule has 140 valence electrons. The van der Waals surface area contributed by atoms with Crippen LogP contribution < -0.4 is 14.8 Å². The van der Waals surface area contributed by atoms with Crippen molar-refractivity contribution >= 4 is 17.9 Å². The molecule has 26 heavy (non-hydrogen) atoms. The third-order valence-corrected chi connectivity index (χ3v) is 4.68. The number of nitrogens with zero attached hydrogens (tertiary/aromatic N) is 1. The molecule has 2 aromatic carbocycles. The van der Waals surface area contributed by atoms with Crippen LogP contribution in [0.5, 0.6) is 11.5 Å². The fourth-order valence-electron chi connectivity index (χ4n) is 2.40. The Bertz CT molecular complexity index is 687. The van der Waals surface area contributed by atoms with Crippen LogP contribution in [0, 0.1) is 0 Å². The number of ether oxygens (including phenoxy) is 2. The topological polar surface area (TPSA) is 50.8 Å². The molecule has 0 heterocycles. The minimum absolute atomic E-state index is 0.166. The number of carbonyl (C=O) groups is 1. The van der Waals surface area contributed by atoms with Gasteiger partial charge in [0.05, 0.1) is 6.61 Å². The largest absolute Gasteiger partial charge is 0.494 e. The lowest BCUT2D eigenvalue weighted by Crippen LogP contribution is -2.25. The molecule has 0 unspecified atom stereocenters. The van der Waals surface area contributed by atoms with Gasteiger partial charge >= 0.3 is 6.09 Å². The zero-order valence-electron chi connectivity index (χ0n) is 15.7. The van der Waals surface area contributed by atoms with Crippen molar-refractivity contribution in [1.29, 1.82) is 0 Å². The maximum atomic E-state index is 11.6. The molecule has 0 fully saturated rings. The number of thioether (sulfide) groups is 1. The molecule has 0 bridgehead atoms. The summed E-state index contributed by atoms with van der Waals surface area (Å²) in [6.45, 7) is 0.613. The van der Waals surface area contributed by atoms with Crippen LogP contribution >= 0.6 is 11.8 Å². The number of rotatable bonds is 8. The van der Waals surface area contributed by atoms with E-state index in [1.165, 1.54) is 9.80 Å². The Kier molecular flexibility index (Phi) is 7.81. The lowest BCUT2D eigenvalue weighted by atomic mass is 10.0. The SMILES string of the molecule is CN[C@H](CCOc1ccc(SC)cc1)c1ccc(OC(=O)N(C)C)cc1. The molecule has 2 rings (SSSR count). The Morgan fingerprint density at radius 2 is 1.69 bits per heavy atom. The van der Waals surface area contributed by atoms with Crippen LogP contribution in [0.15, 0.2) is 53.4 Å². The van der Waals surface area contributed by atoms with Crippen LogP contribution in [0.2, 0.25) is 0 Å². The van der Waals surface area contributed by atoms with E-state index in [0.717, 1.165) is 17.7 Å². The van der Waals surface area contributed by atoms with Crippen LogP contribution in [-0.2, 0) is 0 Å². The highest BCUT2D eigenvalue weighted by Gasteiger charge is 2.11. The van der Waals surface area contributed by atoms with Gasteiger partial charge in [-0.15, -0.1) is 11.8 Å². The molecular weight excluding hydrogens is 348 g/mol. The standard InChI is InChI=1S/C20H26N2O3S/c1-21-19(13-14-24-16-9-11-18(26-4)12-10-16)15-5-7-17(8-6-15)25-20(23)22(2)3/h5-12,19,21H,13-14H2,1-4H3/t19-/m1/s1. The van der Waals surface area contributed by atoms with Gasteiger partial charge in [-0.2, -0.15) is 0 Å². The Labute approximate surface area is 159 Å². The molecule has 6 heteroatoms. The van der Waals surface area contributed by atoms with Gasteiger partial charge in [0.25, 0.3) is 0 Å². The molecule has 0 aliphatic rings. The molecule has 0 aromatic heterocycles. The van der Waals surface area contributed by atoms with Crippen molar-refractivity contribution in [3.8, 4) is 11.5 Å². The van der Waals surface area contributed by atoms with Crippen molar-refractivity contribution in [2.75, 3.05) is 34.0 Å². The average Bonchev–Trinajstić information content (AvgIpc) is 2.66. The molecule has 2 aromatic rings. The number of carbonyl (C=O) groups excluding carboxylic acids is 1. The molecule has 5 nitrogen and oxygen atoms in total. The van der Waals surface area contributed by atoms with Crippen LogP contribution in [0.3, 0.4) is 0 Å².